The van der Waals surface area contributed by atoms with E-state index >= 15 is 0 Å². The number of carboxylic acid groups (broad SMARTS) is 1. The van der Waals surface area contributed by atoms with Crippen molar-refractivity contribution in [2.75, 3.05) is 6.54 Å². The van der Waals surface area contributed by atoms with Crippen LogP contribution in [0.25, 0.3) is 0 Å². The Balaban J connectivity index is 2.15. The number of carbonyl (C=O) groups is 2. The number of aromatic nitrogens is 1. The number of hydrogen-bond acceptors (Lipinski definition) is 4. The lowest BCUT2D eigenvalue weighted by molar-refractivity contribution is -0.139. The van der Waals surface area contributed by atoms with Gasteiger partial charge in [-0.15, -0.1) is 0 Å². The molecule has 8 nitrogen and oxygen atoms in total. The number of aliphatic imine (C=N–C) groups is 1. The van der Waals surface area contributed by atoms with Gasteiger partial charge in [0.25, 0.3) is 11.5 Å². The number of amides is 1. The summed E-state index contributed by atoms with van der Waals surface area (Å²) in [6.07, 6.45) is 2.18. The van der Waals surface area contributed by atoms with Gasteiger partial charge >= 0.3 is 5.97 Å². The van der Waals surface area contributed by atoms with Crippen molar-refractivity contribution in [3.05, 3.63) is 67.0 Å². The summed E-state index contributed by atoms with van der Waals surface area (Å²) < 4.78 is 3.11. The van der Waals surface area contributed by atoms with Crippen LogP contribution in [0.2, 0.25) is 0 Å². The Labute approximate surface area is 190 Å². The zero-order chi connectivity index (χ0) is 22.3. The molecule has 0 radical (unpaired) electrons. The first-order valence-electron chi connectivity index (χ1n) is 9.12. The van der Waals surface area contributed by atoms with Crippen LogP contribution < -0.4 is 16.6 Å². The van der Waals surface area contributed by atoms with Crippen molar-refractivity contribution in [1.29, 1.82) is 0 Å². The number of nitrogens with two attached hydrogens (primary N) is 1. The lowest BCUT2D eigenvalue weighted by Crippen LogP contribution is -2.43. The molecule has 0 spiro atoms. The van der Waals surface area contributed by atoms with Crippen molar-refractivity contribution in [2.45, 2.75) is 32.4 Å². The summed E-state index contributed by atoms with van der Waals surface area (Å²) >= 11 is 6.81. The number of nitrogens with zero attached hydrogens (tertiary/aromatic N) is 2. The summed E-state index contributed by atoms with van der Waals surface area (Å²) in [4.78, 5) is 40.8. The van der Waals surface area contributed by atoms with E-state index < -0.39 is 23.5 Å². The molecular weight excluding hydrogens is 520 g/mol. The summed E-state index contributed by atoms with van der Waals surface area (Å²) in [5, 5.41) is 11.8. The second-order valence-corrected chi connectivity index (χ2v) is 8.49. The molecule has 1 unspecified atom stereocenters. The van der Waals surface area contributed by atoms with E-state index in [0.717, 1.165) is 14.5 Å². The van der Waals surface area contributed by atoms with Gasteiger partial charge in [-0.25, -0.2) is 4.79 Å². The van der Waals surface area contributed by atoms with Crippen LogP contribution in [-0.2, 0) is 11.3 Å². The Morgan fingerprint density at radius 2 is 1.93 bits per heavy atom. The first-order chi connectivity index (χ1) is 14.2. The average molecular weight is 542 g/mol. The zero-order valence-corrected chi connectivity index (χ0v) is 19.4. The molecule has 30 heavy (non-hydrogen) atoms. The van der Waals surface area contributed by atoms with Gasteiger partial charge < -0.3 is 20.7 Å². The highest BCUT2D eigenvalue weighted by Gasteiger charge is 2.22. The van der Waals surface area contributed by atoms with Gasteiger partial charge in [-0.2, -0.15) is 0 Å². The summed E-state index contributed by atoms with van der Waals surface area (Å²) in [6.45, 7) is 2.27. The number of carboxylic acids is 1. The van der Waals surface area contributed by atoms with E-state index in [1.54, 1.807) is 19.2 Å². The van der Waals surface area contributed by atoms with E-state index in [-0.39, 0.29) is 18.5 Å². The van der Waals surface area contributed by atoms with Crippen molar-refractivity contribution in [3.63, 3.8) is 0 Å². The number of aliphatic carboxylic acids is 1. The van der Waals surface area contributed by atoms with E-state index in [4.69, 9.17) is 5.73 Å². The second kappa shape index (κ2) is 11.1. The molecule has 0 aliphatic carbocycles. The van der Waals surface area contributed by atoms with E-state index in [0.29, 0.717) is 18.8 Å². The number of rotatable bonds is 9. The minimum atomic E-state index is -1.17. The fourth-order valence-corrected chi connectivity index (χ4v) is 4.17. The molecule has 0 aliphatic heterocycles. The molecular formula is C20H22Br2N4O4. The van der Waals surface area contributed by atoms with E-state index in [9.17, 15) is 19.5 Å². The first kappa shape index (κ1) is 23.8. The van der Waals surface area contributed by atoms with Crippen LogP contribution in [0.3, 0.4) is 0 Å². The standard InChI is InChI=1S/C20H22Br2N4O4/c1-12(23)24-6-2-5-17(20(29)30)25-18(27)16-4-3-7-26(19(16)28)11-13-8-14(21)10-15(22)9-13/h3-4,7-10,17H,2,5-6,11H2,1H3,(H2,23,24)(H,25,27)(H,29,30). The van der Waals surface area contributed by atoms with Gasteiger partial charge in [-0.1, -0.05) is 31.9 Å². The maximum absolute atomic E-state index is 12.8. The summed E-state index contributed by atoms with van der Waals surface area (Å²) in [5.74, 6) is -1.49. The second-order valence-electron chi connectivity index (χ2n) is 6.66. The zero-order valence-electron chi connectivity index (χ0n) is 16.3. The SMILES string of the molecule is CC(N)=NCCCC(NC(=O)c1cccn(Cc2cc(Br)cc(Br)c2)c1=O)C(=O)O. The van der Waals surface area contributed by atoms with Gasteiger partial charge in [0.15, 0.2) is 0 Å². The summed E-state index contributed by atoms with van der Waals surface area (Å²) in [7, 11) is 0. The quantitative estimate of drug-likeness (QED) is 0.255. The number of hydrogen-bond donors (Lipinski definition) is 3. The van der Waals surface area contributed by atoms with E-state index in [1.807, 2.05) is 18.2 Å². The Kier molecular flexibility index (Phi) is 8.79. The highest BCUT2D eigenvalue weighted by molar-refractivity contribution is 9.11. The molecule has 0 bridgehead atoms. The van der Waals surface area contributed by atoms with Crippen molar-refractivity contribution >= 4 is 49.6 Å². The molecule has 0 saturated heterocycles. The number of pyridine rings is 1. The van der Waals surface area contributed by atoms with Gasteiger partial charge in [-0.05, 0) is 55.7 Å². The van der Waals surface area contributed by atoms with Crippen LogP contribution in [0.4, 0.5) is 0 Å². The lowest BCUT2D eigenvalue weighted by Gasteiger charge is -2.14. The number of carbonyl (C=O) groups excluding carboxylic acids is 1. The maximum atomic E-state index is 12.8. The third kappa shape index (κ3) is 7.10. The summed E-state index contributed by atoms with van der Waals surface area (Å²) in [6, 6.07) is 7.46. The predicted molar refractivity (Wildman–Crippen MR) is 122 cm³/mol. The Bertz CT molecular complexity index is 996. The molecule has 0 fully saturated rings. The third-order valence-corrected chi connectivity index (χ3v) is 5.07. The van der Waals surface area contributed by atoms with Crippen LogP contribution >= 0.6 is 31.9 Å². The molecule has 0 aliphatic rings. The lowest BCUT2D eigenvalue weighted by atomic mass is 10.1. The van der Waals surface area contributed by atoms with Gasteiger partial charge in [0.2, 0.25) is 0 Å². The van der Waals surface area contributed by atoms with Crippen LogP contribution in [0.15, 0.2) is 55.3 Å². The third-order valence-electron chi connectivity index (χ3n) is 4.16. The number of amidine groups is 1. The predicted octanol–water partition coefficient (Wildman–Crippen LogP) is 2.76. The maximum Gasteiger partial charge on any atom is 0.326 e. The Hall–Kier alpha value is -2.46. The van der Waals surface area contributed by atoms with Crippen molar-refractivity contribution < 1.29 is 14.7 Å². The van der Waals surface area contributed by atoms with Crippen molar-refractivity contribution in [2.24, 2.45) is 10.7 Å². The van der Waals surface area contributed by atoms with Crippen LogP contribution in [0.1, 0.15) is 35.7 Å². The largest absolute Gasteiger partial charge is 0.480 e. The highest BCUT2D eigenvalue weighted by Crippen LogP contribution is 2.20. The molecule has 0 saturated carbocycles. The molecule has 160 valence electrons. The minimum absolute atomic E-state index is 0.117. The van der Waals surface area contributed by atoms with Crippen LogP contribution in [-0.4, -0.2) is 40.0 Å². The molecule has 10 heteroatoms. The fraction of sp³-hybridized carbons (Fsp3) is 0.300. The summed E-state index contributed by atoms with van der Waals surface area (Å²) in [5.41, 5.74) is 5.69. The minimum Gasteiger partial charge on any atom is -0.480 e. The molecule has 4 N–H and O–H groups in total. The van der Waals surface area contributed by atoms with Gasteiger partial charge in [0, 0.05) is 21.7 Å². The Morgan fingerprint density at radius 1 is 1.27 bits per heavy atom. The molecule has 2 rings (SSSR count). The van der Waals surface area contributed by atoms with E-state index in [1.165, 1.54) is 10.6 Å². The van der Waals surface area contributed by atoms with Crippen molar-refractivity contribution in [1.82, 2.24) is 9.88 Å². The fourth-order valence-electron chi connectivity index (χ4n) is 2.78. The topological polar surface area (TPSA) is 127 Å². The van der Waals surface area contributed by atoms with Gasteiger partial charge in [0.05, 0.1) is 12.4 Å². The van der Waals surface area contributed by atoms with Crippen LogP contribution in [0, 0.1) is 0 Å². The van der Waals surface area contributed by atoms with Gasteiger partial charge in [0.1, 0.15) is 11.6 Å². The van der Waals surface area contributed by atoms with E-state index in [2.05, 4.69) is 42.2 Å². The number of nitrogens with one attached hydrogen (secondary N) is 1. The highest BCUT2D eigenvalue weighted by atomic mass is 79.9. The normalized spacial score (nSPS) is 12.4. The Morgan fingerprint density at radius 3 is 2.53 bits per heavy atom. The molecule has 1 amide bonds. The van der Waals surface area contributed by atoms with Crippen molar-refractivity contribution in [3.8, 4) is 0 Å². The number of benzene rings is 1. The molecule has 1 heterocycles. The average Bonchev–Trinajstić information content (AvgIpc) is 2.64. The monoisotopic (exact) mass is 540 g/mol. The molecule has 1 aromatic heterocycles. The van der Waals surface area contributed by atoms with Gasteiger partial charge in [-0.3, -0.25) is 14.6 Å². The smallest absolute Gasteiger partial charge is 0.326 e. The molecule has 2 aromatic rings. The van der Waals surface area contributed by atoms with Crippen LogP contribution in [0.5, 0.6) is 0 Å². The number of halogens is 2. The first-order valence-corrected chi connectivity index (χ1v) is 10.7. The molecule has 1 aromatic carbocycles. The molecule has 1 atom stereocenters.